The molecule has 0 fully saturated rings. The Hall–Kier alpha value is -3.58. The van der Waals surface area contributed by atoms with Gasteiger partial charge in [0, 0.05) is 0 Å². The highest BCUT2D eigenvalue weighted by Crippen LogP contribution is 2.21. The van der Waals surface area contributed by atoms with Gasteiger partial charge in [-0.3, -0.25) is 4.79 Å². The third-order valence-electron chi connectivity index (χ3n) is 3.85. The maximum atomic E-state index is 11.1. The Morgan fingerprint density at radius 2 is 1.76 bits per heavy atom. The molecule has 0 spiro atoms. The fourth-order valence-corrected chi connectivity index (χ4v) is 2.56. The zero-order valence-corrected chi connectivity index (χ0v) is 13.5. The molecule has 0 saturated carbocycles. The summed E-state index contributed by atoms with van der Waals surface area (Å²) in [4.78, 5) is 11.1. The molecular formula is C21H16N2O2. The first-order valence-electron chi connectivity index (χ1n) is 7.78. The number of amides is 1. The van der Waals surface area contributed by atoms with Gasteiger partial charge < -0.3 is 10.5 Å². The van der Waals surface area contributed by atoms with Gasteiger partial charge in [-0.1, -0.05) is 54.6 Å². The Labute approximate surface area is 145 Å². The molecule has 0 radical (unpaired) electrons. The Bertz CT molecular complexity index is 977. The van der Waals surface area contributed by atoms with Crippen LogP contribution in [0, 0.1) is 11.3 Å². The van der Waals surface area contributed by atoms with Crippen LogP contribution >= 0.6 is 0 Å². The predicted octanol–water partition coefficient (Wildman–Crippen LogP) is 3.81. The highest BCUT2D eigenvalue weighted by Gasteiger charge is 2.04. The van der Waals surface area contributed by atoms with Gasteiger partial charge in [0.1, 0.15) is 24.0 Å². The molecule has 3 rings (SSSR count). The van der Waals surface area contributed by atoms with Crippen LogP contribution in [0.5, 0.6) is 5.75 Å². The highest BCUT2D eigenvalue weighted by molar-refractivity contribution is 6.00. The van der Waals surface area contributed by atoms with Gasteiger partial charge in [-0.15, -0.1) is 0 Å². The van der Waals surface area contributed by atoms with E-state index in [1.807, 2.05) is 24.3 Å². The van der Waals surface area contributed by atoms with Crippen LogP contribution in [0.2, 0.25) is 0 Å². The average molecular weight is 328 g/mol. The normalized spacial score (nSPS) is 11.1. The Kier molecular flexibility index (Phi) is 4.77. The summed E-state index contributed by atoms with van der Waals surface area (Å²) < 4.78 is 5.86. The Morgan fingerprint density at radius 1 is 1.04 bits per heavy atom. The second-order valence-electron chi connectivity index (χ2n) is 5.53. The van der Waals surface area contributed by atoms with Crippen LogP contribution in [0.15, 0.2) is 72.3 Å². The van der Waals surface area contributed by atoms with E-state index in [9.17, 15) is 4.79 Å². The molecule has 0 aliphatic heterocycles. The van der Waals surface area contributed by atoms with E-state index in [0.29, 0.717) is 17.9 Å². The number of hydrogen-bond acceptors (Lipinski definition) is 3. The maximum absolute atomic E-state index is 11.1. The van der Waals surface area contributed by atoms with Crippen molar-refractivity contribution in [3.8, 4) is 11.8 Å². The average Bonchev–Trinajstić information content (AvgIpc) is 2.65. The third-order valence-corrected chi connectivity index (χ3v) is 3.85. The summed E-state index contributed by atoms with van der Waals surface area (Å²) in [6.07, 6.45) is 1.46. The first-order chi connectivity index (χ1) is 12.2. The van der Waals surface area contributed by atoms with Crippen LogP contribution in [-0.2, 0) is 11.4 Å². The maximum Gasteiger partial charge on any atom is 0.259 e. The van der Waals surface area contributed by atoms with Crippen molar-refractivity contribution in [2.45, 2.75) is 6.61 Å². The first-order valence-corrected chi connectivity index (χ1v) is 7.78. The number of ether oxygens (including phenoxy) is 1. The van der Waals surface area contributed by atoms with Crippen molar-refractivity contribution >= 4 is 22.8 Å². The number of nitrogens with zero attached hydrogens (tertiary/aromatic N) is 1. The van der Waals surface area contributed by atoms with Crippen LogP contribution in [0.4, 0.5) is 0 Å². The number of primary amides is 1. The molecule has 0 saturated heterocycles. The lowest BCUT2D eigenvalue weighted by atomic mass is 10.1. The van der Waals surface area contributed by atoms with Gasteiger partial charge in [0.15, 0.2) is 0 Å². The zero-order chi connectivity index (χ0) is 17.6. The summed E-state index contributed by atoms with van der Waals surface area (Å²) in [7, 11) is 0. The van der Waals surface area contributed by atoms with Crippen LogP contribution in [0.25, 0.3) is 16.8 Å². The van der Waals surface area contributed by atoms with E-state index >= 15 is 0 Å². The Morgan fingerprint density at radius 3 is 2.48 bits per heavy atom. The largest absolute Gasteiger partial charge is 0.489 e. The summed E-state index contributed by atoms with van der Waals surface area (Å²) in [6.45, 7) is 0.460. The van der Waals surface area contributed by atoms with Gasteiger partial charge in [-0.05, 0) is 40.1 Å². The van der Waals surface area contributed by atoms with Crippen LogP contribution < -0.4 is 10.5 Å². The number of rotatable bonds is 5. The van der Waals surface area contributed by atoms with E-state index in [1.54, 1.807) is 30.3 Å². The quantitative estimate of drug-likeness (QED) is 0.571. The fraction of sp³-hybridized carbons (Fsp3) is 0.0476. The van der Waals surface area contributed by atoms with Gasteiger partial charge in [0.05, 0.1) is 0 Å². The number of carbonyl (C=O) groups excluding carboxylic acids is 1. The number of fused-ring (bicyclic) bond motifs is 1. The zero-order valence-electron chi connectivity index (χ0n) is 13.5. The lowest BCUT2D eigenvalue weighted by Crippen LogP contribution is -2.12. The van der Waals surface area contributed by atoms with Crippen LogP contribution in [0.1, 0.15) is 11.1 Å². The molecule has 122 valence electrons. The van der Waals surface area contributed by atoms with Gasteiger partial charge in [0.2, 0.25) is 0 Å². The molecule has 2 N–H and O–H groups in total. The molecule has 0 aromatic heterocycles. The van der Waals surface area contributed by atoms with Crippen molar-refractivity contribution in [3.63, 3.8) is 0 Å². The van der Waals surface area contributed by atoms with E-state index in [1.165, 1.54) is 16.8 Å². The molecule has 0 aliphatic rings. The Balaban J connectivity index is 1.74. The van der Waals surface area contributed by atoms with E-state index in [2.05, 4.69) is 18.2 Å². The van der Waals surface area contributed by atoms with Crippen molar-refractivity contribution in [3.05, 3.63) is 83.4 Å². The van der Waals surface area contributed by atoms with Gasteiger partial charge in [-0.2, -0.15) is 5.26 Å². The molecule has 0 atom stereocenters. The van der Waals surface area contributed by atoms with E-state index < -0.39 is 5.91 Å². The molecule has 0 heterocycles. The van der Waals surface area contributed by atoms with E-state index in [0.717, 1.165) is 5.56 Å². The number of hydrogen-bond donors (Lipinski definition) is 1. The summed E-state index contributed by atoms with van der Waals surface area (Å²) in [5, 5.41) is 11.2. The lowest BCUT2D eigenvalue weighted by Gasteiger charge is -2.09. The van der Waals surface area contributed by atoms with Crippen molar-refractivity contribution in [1.82, 2.24) is 0 Å². The minimum atomic E-state index is -0.737. The molecule has 0 bridgehead atoms. The van der Waals surface area contributed by atoms with Crippen molar-refractivity contribution in [1.29, 1.82) is 5.26 Å². The van der Waals surface area contributed by atoms with Crippen molar-refractivity contribution < 1.29 is 9.53 Å². The van der Waals surface area contributed by atoms with E-state index in [4.69, 9.17) is 15.7 Å². The highest BCUT2D eigenvalue weighted by atomic mass is 16.5. The first kappa shape index (κ1) is 16.3. The predicted molar refractivity (Wildman–Crippen MR) is 97.5 cm³/mol. The topological polar surface area (TPSA) is 76.1 Å². The molecule has 4 nitrogen and oxygen atoms in total. The fourth-order valence-electron chi connectivity index (χ4n) is 2.56. The number of carbonyl (C=O) groups is 1. The molecule has 1 amide bonds. The monoisotopic (exact) mass is 328 g/mol. The second kappa shape index (κ2) is 7.33. The number of benzene rings is 3. The molecule has 4 heteroatoms. The molecule has 3 aromatic rings. The third kappa shape index (κ3) is 3.85. The summed E-state index contributed by atoms with van der Waals surface area (Å²) in [5.41, 5.74) is 6.88. The molecule has 3 aromatic carbocycles. The smallest absolute Gasteiger partial charge is 0.259 e. The summed E-state index contributed by atoms with van der Waals surface area (Å²) in [5.74, 6) is -0.0264. The van der Waals surface area contributed by atoms with Crippen LogP contribution in [0.3, 0.4) is 0 Å². The second-order valence-corrected chi connectivity index (χ2v) is 5.53. The van der Waals surface area contributed by atoms with E-state index in [-0.39, 0.29) is 5.57 Å². The minimum absolute atomic E-state index is 0.0792. The summed E-state index contributed by atoms with van der Waals surface area (Å²) >= 11 is 0. The lowest BCUT2D eigenvalue weighted by molar-refractivity contribution is -0.114. The SMILES string of the molecule is N#C/C(=C\c1ccc(OCc2cccc3ccccc23)cc1)C(N)=O. The minimum Gasteiger partial charge on any atom is -0.489 e. The standard InChI is InChI=1S/C21H16N2O2/c22-13-18(21(23)24)12-15-8-10-19(11-9-15)25-14-17-6-3-5-16-4-1-2-7-20(16)17/h1-12H,14H2,(H2,23,24)/b18-12+. The molecular weight excluding hydrogens is 312 g/mol. The van der Waals surface area contributed by atoms with Crippen molar-refractivity contribution in [2.24, 2.45) is 5.73 Å². The number of nitriles is 1. The molecule has 0 aliphatic carbocycles. The van der Waals surface area contributed by atoms with Crippen LogP contribution in [-0.4, -0.2) is 5.91 Å². The molecule has 25 heavy (non-hydrogen) atoms. The summed E-state index contributed by atoms with van der Waals surface area (Å²) in [6, 6.07) is 23.3. The van der Waals surface area contributed by atoms with Crippen molar-refractivity contribution in [2.75, 3.05) is 0 Å². The van der Waals surface area contributed by atoms with Gasteiger partial charge >= 0.3 is 0 Å². The van der Waals surface area contributed by atoms with Gasteiger partial charge in [0.25, 0.3) is 5.91 Å². The molecule has 0 unspecified atom stereocenters. The number of nitrogens with two attached hydrogens (primary N) is 1. The van der Waals surface area contributed by atoms with Gasteiger partial charge in [-0.25, -0.2) is 0 Å².